The van der Waals surface area contributed by atoms with Crippen LogP contribution in [0.15, 0.2) is 18.2 Å². The van der Waals surface area contributed by atoms with E-state index in [9.17, 15) is 5.11 Å². The number of anilines is 1. The number of hydrogen-bond acceptors (Lipinski definition) is 4. The van der Waals surface area contributed by atoms with Gasteiger partial charge in [-0.2, -0.15) is 0 Å². The highest BCUT2D eigenvalue weighted by Gasteiger charge is 2.10. The Morgan fingerprint density at radius 2 is 2.10 bits per heavy atom. The molecule has 0 saturated heterocycles. The number of nitrogens with one attached hydrogen (secondary N) is 1. The molecular formula is C17H30N2O2. The summed E-state index contributed by atoms with van der Waals surface area (Å²) in [6.45, 7) is 8.57. The number of benzene rings is 1. The van der Waals surface area contributed by atoms with Crippen LogP contribution >= 0.6 is 0 Å². The zero-order valence-electron chi connectivity index (χ0n) is 13.7. The first-order chi connectivity index (χ1) is 10.2. The highest BCUT2D eigenvalue weighted by Crippen LogP contribution is 2.22. The van der Waals surface area contributed by atoms with Crippen LogP contribution < -0.4 is 10.2 Å². The number of hydrogen-bond donors (Lipinski definition) is 2. The molecule has 2 N–H and O–H groups in total. The number of aliphatic hydroxyl groups excluding tert-OH is 1. The van der Waals surface area contributed by atoms with Crippen molar-refractivity contribution >= 4 is 5.69 Å². The van der Waals surface area contributed by atoms with E-state index < -0.39 is 0 Å². The fraction of sp³-hybridized carbons (Fsp3) is 0.647. The molecule has 4 nitrogen and oxygen atoms in total. The lowest BCUT2D eigenvalue weighted by Crippen LogP contribution is -2.29. The Labute approximate surface area is 129 Å². The van der Waals surface area contributed by atoms with Crippen LogP contribution in [-0.2, 0) is 11.3 Å². The topological polar surface area (TPSA) is 44.7 Å². The Kier molecular flexibility index (Phi) is 9.06. The fourth-order valence-electron chi connectivity index (χ4n) is 2.38. The zero-order chi connectivity index (χ0) is 15.5. The molecule has 0 spiro atoms. The summed E-state index contributed by atoms with van der Waals surface area (Å²) in [6.07, 6.45) is 2.31. The zero-order valence-corrected chi connectivity index (χ0v) is 13.7. The molecule has 0 fully saturated rings. The summed E-state index contributed by atoms with van der Waals surface area (Å²) >= 11 is 0. The number of aliphatic hydroxyl groups is 1. The smallest absolute Gasteiger partial charge is 0.0606 e. The van der Waals surface area contributed by atoms with Crippen molar-refractivity contribution < 1.29 is 9.84 Å². The molecule has 120 valence electrons. The molecule has 0 amide bonds. The lowest BCUT2D eigenvalue weighted by Gasteiger charge is -2.27. The van der Waals surface area contributed by atoms with Gasteiger partial charge in [-0.1, -0.05) is 31.0 Å². The molecule has 0 aliphatic heterocycles. The van der Waals surface area contributed by atoms with Gasteiger partial charge in [0.05, 0.1) is 13.2 Å². The van der Waals surface area contributed by atoms with Crippen molar-refractivity contribution in [3.05, 3.63) is 29.3 Å². The first-order valence-electron chi connectivity index (χ1n) is 7.88. The van der Waals surface area contributed by atoms with E-state index in [-0.39, 0.29) is 6.61 Å². The van der Waals surface area contributed by atoms with Crippen LogP contribution in [0, 0.1) is 6.92 Å². The predicted molar refractivity (Wildman–Crippen MR) is 89.0 cm³/mol. The molecule has 0 unspecified atom stereocenters. The third kappa shape index (κ3) is 6.46. The van der Waals surface area contributed by atoms with E-state index in [0.29, 0.717) is 6.54 Å². The van der Waals surface area contributed by atoms with Crippen molar-refractivity contribution in [1.29, 1.82) is 0 Å². The fourth-order valence-corrected chi connectivity index (χ4v) is 2.38. The SMILES string of the molecule is CCCCN(CCO)c1ccc(C)cc1CNCCOC. The van der Waals surface area contributed by atoms with Gasteiger partial charge in [-0.25, -0.2) is 0 Å². The van der Waals surface area contributed by atoms with E-state index in [4.69, 9.17) is 4.74 Å². The van der Waals surface area contributed by atoms with Gasteiger partial charge in [-0.15, -0.1) is 0 Å². The minimum absolute atomic E-state index is 0.189. The van der Waals surface area contributed by atoms with Gasteiger partial charge in [0.15, 0.2) is 0 Å². The molecular weight excluding hydrogens is 264 g/mol. The lowest BCUT2D eigenvalue weighted by molar-refractivity contribution is 0.199. The summed E-state index contributed by atoms with van der Waals surface area (Å²) in [5, 5.41) is 12.7. The van der Waals surface area contributed by atoms with Crippen molar-refractivity contribution in [2.45, 2.75) is 33.2 Å². The number of rotatable bonds is 11. The molecule has 1 aromatic rings. The van der Waals surface area contributed by atoms with Crippen LogP contribution in [0.4, 0.5) is 5.69 Å². The average molecular weight is 294 g/mol. The molecule has 1 aromatic carbocycles. The molecule has 0 radical (unpaired) electrons. The number of aryl methyl sites for hydroxylation is 1. The second-order valence-electron chi connectivity index (χ2n) is 5.37. The van der Waals surface area contributed by atoms with E-state index in [1.165, 1.54) is 16.8 Å². The number of unbranched alkanes of at least 4 members (excludes halogenated alkanes) is 1. The Balaban J connectivity index is 2.80. The van der Waals surface area contributed by atoms with Gasteiger partial charge < -0.3 is 20.1 Å². The van der Waals surface area contributed by atoms with Crippen molar-refractivity contribution in [2.24, 2.45) is 0 Å². The van der Waals surface area contributed by atoms with Gasteiger partial charge in [0.25, 0.3) is 0 Å². The Hall–Kier alpha value is -1.10. The summed E-state index contributed by atoms with van der Waals surface area (Å²) in [6, 6.07) is 6.55. The molecule has 0 aliphatic rings. The maximum atomic E-state index is 9.32. The molecule has 0 atom stereocenters. The number of ether oxygens (including phenoxy) is 1. The van der Waals surface area contributed by atoms with Crippen molar-refractivity contribution in [3.63, 3.8) is 0 Å². The maximum Gasteiger partial charge on any atom is 0.0606 e. The molecule has 0 aromatic heterocycles. The summed E-state index contributed by atoms with van der Waals surface area (Å²) in [5.41, 5.74) is 3.78. The maximum absolute atomic E-state index is 9.32. The van der Waals surface area contributed by atoms with E-state index in [0.717, 1.165) is 39.1 Å². The van der Waals surface area contributed by atoms with E-state index >= 15 is 0 Å². The van der Waals surface area contributed by atoms with Crippen LogP contribution in [0.1, 0.15) is 30.9 Å². The summed E-state index contributed by atoms with van der Waals surface area (Å²) < 4.78 is 5.07. The second kappa shape index (κ2) is 10.6. The van der Waals surface area contributed by atoms with Crippen LogP contribution in [0.2, 0.25) is 0 Å². The van der Waals surface area contributed by atoms with Gasteiger partial charge in [-0.3, -0.25) is 0 Å². The van der Waals surface area contributed by atoms with E-state index in [1.807, 2.05) is 0 Å². The third-order valence-electron chi connectivity index (χ3n) is 3.53. The largest absolute Gasteiger partial charge is 0.395 e. The molecule has 4 heteroatoms. The minimum atomic E-state index is 0.189. The third-order valence-corrected chi connectivity index (χ3v) is 3.53. The van der Waals surface area contributed by atoms with Gasteiger partial charge in [0, 0.05) is 39.0 Å². The van der Waals surface area contributed by atoms with Crippen molar-refractivity contribution in [2.75, 3.05) is 44.9 Å². The number of methoxy groups -OCH3 is 1. The standard InChI is InChI=1S/C17H30N2O2/c1-4-5-9-19(10-11-20)17-7-6-15(2)13-16(17)14-18-8-12-21-3/h6-7,13,18,20H,4-5,8-12,14H2,1-3H3. The summed E-state index contributed by atoms with van der Waals surface area (Å²) in [4.78, 5) is 2.29. The first kappa shape index (κ1) is 18.0. The summed E-state index contributed by atoms with van der Waals surface area (Å²) in [7, 11) is 1.72. The van der Waals surface area contributed by atoms with Crippen molar-refractivity contribution in [3.8, 4) is 0 Å². The Morgan fingerprint density at radius 1 is 1.29 bits per heavy atom. The molecule has 0 aliphatic carbocycles. The quantitative estimate of drug-likeness (QED) is 0.615. The Bertz CT molecular complexity index is 396. The lowest BCUT2D eigenvalue weighted by atomic mass is 10.1. The van der Waals surface area contributed by atoms with Crippen LogP contribution in [-0.4, -0.2) is 45.1 Å². The average Bonchev–Trinajstić information content (AvgIpc) is 2.48. The molecule has 1 rings (SSSR count). The normalized spacial score (nSPS) is 10.9. The molecule has 0 saturated carbocycles. The van der Waals surface area contributed by atoms with E-state index in [1.54, 1.807) is 7.11 Å². The van der Waals surface area contributed by atoms with Gasteiger partial charge in [0.1, 0.15) is 0 Å². The monoisotopic (exact) mass is 294 g/mol. The second-order valence-corrected chi connectivity index (χ2v) is 5.37. The molecule has 0 heterocycles. The van der Waals surface area contributed by atoms with Crippen LogP contribution in [0.5, 0.6) is 0 Å². The predicted octanol–water partition coefficient (Wildman–Crippen LogP) is 2.33. The first-order valence-corrected chi connectivity index (χ1v) is 7.88. The molecule has 0 bridgehead atoms. The van der Waals surface area contributed by atoms with E-state index in [2.05, 4.69) is 42.3 Å². The highest BCUT2D eigenvalue weighted by atomic mass is 16.5. The van der Waals surface area contributed by atoms with Gasteiger partial charge in [0.2, 0.25) is 0 Å². The van der Waals surface area contributed by atoms with Crippen LogP contribution in [0.25, 0.3) is 0 Å². The van der Waals surface area contributed by atoms with Gasteiger partial charge >= 0.3 is 0 Å². The number of nitrogens with zero attached hydrogens (tertiary/aromatic N) is 1. The van der Waals surface area contributed by atoms with Crippen molar-refractivity contribution in [1.82, 2.24) is 5.32 Å². The van der Waals surface area contributed by atoms with Gasteiger partial charge in [-0.05, 0) is 25.0 Å². The summed E-state index contributed by atoms with van der Waals surface area (Å²) in [5.74, 6) is 0. The molecule has 21 heavy (non-hydrogen) atoms. The Morgan fingerprint density at radius 3 is 2.76 bits per heavy atom. The van der Waals surface area contributed by atoms with Crippen LogP contribution in [0.3, 0.4) is 0 Å². The highest BCUT2D eigenvalue weighted by molar-refractivity contribution is 5.55. The minimum Gasteiger partial charge on any atom is -0.395 e.